The van der Waals surface area contributed by atoms with Gasteiger partial charge in [0.15, 0.2) is 0 Å². The number of carbonyl (C=O) groups is 1. The molecule has 1 aromatic heterocycles. The highest BCUT2D eigenvalue weighted by Crippen LogP contribution is 2.22. The maximum Gasteiger partial charge on any atom is 0.244 e. The van der Waals surface area contributed by atoms with Crippen LogP contribution in [0.15, 0.2) is 42.6 Å². The predicted molar refractivity (Wildman–Crippen MR) is 77.8 cm³/mol. The van der Waals surface area contributed by atoms with Gasteiger partial charge in [0.1, 0.15) is 6.04 Å². The molecule has 0 spiro atoms. The van der Waals surface area contributed by atoms with Crippen molar-refractivity contribution in [2.75, 3.05) is 12.4 Å². The number of halogens is 1. The first-order valence-electron chi connectivity index (χ1n) is 5.91. The molecule has 0 bridgehead atoms. The van der Waals surface area contributed by atoms with E-state index in [9.17, 15) is 4.79 Å². The highest BCUT2D eigenvalue weighted by atomic mass is 35.5. The highest BCUT2D eigenvalue weighted by Gasteiger charge is 2.18. The molecule has 2 rings (SSSR count). The third kappa shape index (κ3) is 3.39. The van der Waals surface area contributed by atoms with E-state index in [1.807, 2.05) is 0 Å². The Bertz CT molecular complexity index is 602. The second-order valence-corrected chi connectivity index (χ2v) is 4.56. The van der Waals surface area contributed by atoms with E-state index in [0.29, 0.717) is 22.2 Å². The molecule has 0 saturated heterocycles. The Kier molecular flexibility index (Phi) is 4.42. The Morgan fingerprint density at radius 3 is 2.75 bits per heavy atom. The third-order valence-corrected chi connectivity index (χ3v) is 2.96. The van der Waals surface area contributed by atoms with E-state index in [4.69, 9.17) is 22.1 Å². The third-order valence-electron chi connectivity index (χ3n) is 2.72. The molecule has 1 aromatic carbocycles. The molecule has 104 valence electrons. The zero-order chi connectivity index (χ0) is 14.5. The number of amides is 1. The summed E-state index contributed by atoms with van der Waals surface area (Å²) in [7, 11) is 1.53. The van der Waals surface area contributed by atoms with Gasteiger partial charge in [0.2, 0.25) is 11.8 Å². The molecular formula is C14H14ClN3O2. The topological polar surface area (TPSA) is 77.2 Å². The van der Waals surface area contributed by atoms with Crippen LogP contribution in [0, 0.1) is 0 Å². The summed E-state index contributed by atoms with van der Waals surface area (Å²) in [5.41, 5.74) is 6.79. The number of aromatic nitrogens is 1. The SMILES string of the molecule is COc1ccc(C(Nc2cccc(Cl)c2)C(N)=O)cn1. The minimum atomic E-state index is -0.688. The summed E-state index contributed by atoms with van der Waals surface area (Å²) >= 11 is 5.91. The van der Waals surface area contributed by atoms with Crippen molar-refractivity contribution in [1.29, 1.82) is 0 Å². The number of nitrogens with two attached hydrogens (primary N) is 1. The van der Waals surface area contributed by atoms with E-state index in [-0.39, 0.29) is 0 Å². The lowest BCUT2D eigenvalue weighted by Gasteiger charge is -2.17. The van der Waals surface area contributed by atoms with Crippen LogP contribution >= 0.6 is 11.6 Å². The van der Waals surface area contributed by atoms with Crippen molar-refractivity contribution in [3.05, 3.63) is 53.2 Å². The number of nitrogens with one attached hydrogen (secondary N) is 1. The Labute approximate surface area is 121 Å². The first kappa shape index (κ1) is 14.1. The summed E-state index contributed by atoms with van der Waals surface area (Å²) < 4.78 is 4.98. The molecule has 3 N–H and O–H groups in total. The van der Waals surface area contributed by atoms with Crippen LogP contribution in [0.3, 0.4) is 0 Å². The Hall–Kier alpha value is -2.27. The van der Waals surface area contributed by atoms with Gasteiger partial charge in [-0.1, -0.05) is 17.7 Å². The molecule has 1 amide bonds. The molecule has 0 aliphatic rings. The van der Waals surface area contributed by atoms with Gasteiger partial charge in [0.25, 0.3) is 0 Å². The number of nitrogens with zero attached hydrogens (tertiary/aromatic N) is 1. The quantitative estimate of drug-likeness (QED) is 0.886. The van der Waals surface area contributed by atoms with Gasteiger partial charge in [0.05, 0.1) is 7.11 Å². The molecule has 20 heavy (non-hydrogen) atoms. The number of benzene rings is 1. The molecule has 6 heteroatoms. The minimum Gasteiger partial charge on any atom is -0.481 e. The number of primary amides is 1. The van der Waals surface area contributed by atoms with Gasteiger partial charge in [-0.3, -0.25) is 4.79 Å². The zero-order valence-corrected chi connectivity index (χ0v) is 11.6. The van der Waals surface area contributed by atoms with Crippen LogP contribution in [-0.2, 0) is 4.79 Å². The number of hydrogen-bond donors (Lipinski definition) is 2. The predicted octanol–water partition coefficient (Wildman–Crippen LogP) is 2.38. The molecule has 5 nitrogen and oxygen atoms in total. The highest BCUT2D eigenvalue weighted by molar-refractivity contribution is 6.30. The standard InChI is InChI=1S/C14H14ClN3O2/c1-20-12-6-5-9(8-17-12)13(14(16)19)18-11-4-2-3-10(15)7-11/h2-8,13,18H,1H3,(H2,16,19). The lowest BCUT2D eigenvalue weighted by molar-refractivity contribution is -0.118. The van der Waals surface area contributed by atoms with Gasteiger partial charge in [-0.25, -0.2) is 4.98 Å². The van der Waals surface area contributed by atoms with Crippen LogP contribution in [0.2, 0.25) is 5.02 Å². The summed E-state index contributed by atoms with van der Waals surface area (Å²) in [5, 5.41) is 3.61. The summed E-state index contributed by atoms with van der Waals surface area (Å²) in [6, 6.07) is 9.78. The van der Waals surface area contributed by atoms with Gasteiger partial charge in [-0.05, 0) is 24.3 Å². The van der Waals surface area contributed by atoms with Crippen molar-refractivity contribution in [3.63, 3.8) is 0 Å². The van der Waals surface area contributed by atoms with Gasteiger partial charge in [-0.2, -0.15) is 0 Å². The van der Waals surface area contributed by atoms with Crippen LogP contribution in [-0.4, -0.2) is 18.0 Å². The molecular weight excluding hydrogens is 278 g/mol. The first-order valence-corrected chi connectivity index (χ1v) is 6.29. The van der Waals surface area contributed by atoms with E-state index < -0.39 is 11.9 Å². The molecule has 0 aliphatic heterocycles. The van der Waals surface area contributed by atoms with Crippen LogP contribution < -0.4 is 15.8 Å². The van der Waals surface area contributed by atoms with E-state index in [0.717, 1.165) is 0 Å². The van der Waals surface area contributed by atoms with E-state index in [2.05, 4.69) is 10.3 Å². The average molecular weight is 292 g/mol. The summed E-state index contributed by atoms with van der Waals surface area (Å²) in [6.45, 7) is 0. The maximum atomic E-state index is 11.6. The van der Waals surface area contributed by atoms with E-state index >= 15 is 0 Å². The zero-order valence-electron chi connectivity index (χ0n) is 10.8. The monoisotopic (exact) mass is 291 g/mol. The smallest absolute Gasteiger partial charge is 0.244 e. The van der Waals surface area contributed by atoms with Gasteiger partial charge < -0.3 is 15.8 Å². The van der Waals surface area contributed by atoms with Crippen molar-refractivity contribution in [2.24, 2.45) is 5.73 Å². The Morgan fingerprint density at radius 1 is 1.40 bits per heavy atom. The van der Waals surface area contributed by atoms with Gasteiger partial charge in [0, 0.05) is 28.5 Å². The molecule has 1 heterocycles. The summed E-state index contributed by atoms with van der Waals surface area (Å²) in [4.78, 5) is 15.7. The van der Waals surface area contributed by atoms with Gasteiger partial charge >= 0.3 is 0 Å². The number of methoxy groups -OCH3 is 1. The second kappa shape index (κ2) is 6.25. The number of hydrogen-bond acceptors (Lipinski definition) is 4. The van der Waals surface area contributed by atoms with Crippen molar-refractivity contribution >= 4 is 23.2 Å². The normalized spacial score (nSPS) is 11.7. The van der Waals surface area contributed by atoms with E-state index in [1.54, 1.807) is 42.6 Å². The molecule has 0 saturated carbocycles. The number of rotatable bonds is 5. The molecule has 1 unspecified atom stereocenters. The lowest BCUT2D eigenvalue weighted by atomic mass is 10.1. The molecule has 0 radical (unpaired) electrons. The van der Waals surface area contributed by atoms with Crippen LogP contribution in [0.4, 0.5) is 5.69 Å². The summed E-state index contributed by atoms with van der Waals surface area (Å²) in [6.07, 6.45) is 1.55. The maximum absolute atomic E-state index is 11.6. The molecule has 2 aromatic rings. The van der Waals surface area contributed by atoms with Crippen molar-refractivity contribution in [1.82, 2.24) is 4.98 Å². The minimum absolute atomic E-state index is 0.472. The van der Waals surface area contributed by atoms with Crippen LogP contribution in [0.25, 0.3) is 0 Å². The molecule has 1 atom stereocenters. The fraction of sp³-hybridized carbons (Fsp3) is 0.143. The fourth-order valence-electron chi connectivity index (χ4n) is 1.75. The van der Waals surface area contributed by atoms with E-state index in [1.165, 1.54) is 7.11 Å². The van der Waals surface area contributed by atoms with Crippen molar-refractivity contribution in [3.8, 4) is 5.88 Å². The first-order chi connectivity index (χ1) is 9.60. The van der Waals surface area contributed by atoms with Crippen molar-refractivity contribution < 1.29 is 9.53 Å². The largest absolute Gasteiger partial charge is 0.481 e. The number of carbonyl (C=O) groups excluding carboxylic acids is 1. The summed E-state index contributed by atoms with van der Waals surface area (Å²) in [5.74, 6) is -0.0309. The number of pyridine rings is 1. The number of anilines is 1. The Balaban J connectivity index is 2.24. The molecule has 0 aliphatic carbocycles. The number of ether oxygens (including phenoxy) is 1. The Morgan fingerprint density at radius 2 is 2.20 bits per heavy atom. The van der Waals surface area contributed by atoms with Crippen molar-refractivity contribution in [2.45, 2.75) is 6.04 Å². The van der Waals surface area contributed by atoms with Crippen LogP contribution in [0.1, 0.15) is 11.6 Å². The average Bonchev–Trinajstić information content (AvgIpc) is 2.45. The second-order valence-electron chi connectivity index (χ2n) is 4.12. The fourth-order valence-corrected chi connectivity index (χ4v) is 1.94. The van der Waals surface area contributed by atoms with Crippen LogP contribution in [0.5, 0.6) is 5.88 Å². The lowest BCUT2D eigenvalue weighted by Crippen LogP contribution is -2.27. The molecule has 0 fully saturated rings. The van der Waals surface area contributed by atoms with Gasteiger partial charge in [-0.15, -0.1) is 0 Å².